The second-order valence-electron chi connectivity index (χ2n) is 4.54. The summed E-state index contributed by atoms with van der Waals surface area (Å²) in [4.78, 5) is 18.4. The highest BCUT2D eigenvalue weighted by atomic mass is 19.1. The number of nitrogens with one attached hydrogen (secondary N) is 2. The Kier molecular flexibility index (Phi) is 2.70. The van der Waals surface area contributed by atoms with Gasteiger partial charge in [0, 0.05) is 6.04 Å². The van der Waals surface area contributed by atoms with Crippen molar-refractivity contribution in [3.8, 4) is 17.0 Å². The molecular weight excluding hydrogens is 249 g/mol. The number of halogens is 1. The molecule has 1 saturated carbocycles. The van der Waals surface area contributed by atoms with Gasteiger partial charge in [-0.1, -0.05) is 12.1 Å². The Balaban J connectivity index is 2.04. The van der Waals surface area contributed by atoms with E-state index in [1.54, 1.807) is 6.07 Å². The lowest BCUT2D eigenvalue weighted by Gasteiger charge is -2.07. The molecule has 1 aliphatic carbocycles. The van der Waals surface area contributed by atoms with Crippen molar-refractivity contribution in [2.24, 2.45) is 0 Å². The van der Waals surface area contributed by atoms with Gasteiger partial charge in [-0.2, -0.15) is 4.98 Å². The minimum absolute atomic E-state index is 0.0270. The molecule has 6 heteroatoms. The Morgan fingerprint density at radius 1 is 1.42 bits per heavy atom. The molecule has 3 N–H and O–H groups in total. The first-order valence-electron chi connectivity index (χ1n) is 5.99. The first-order chi connectivity index (χ1) is 9.13. The number of rotatable bonds is 3. The zero-order valence-corrected chi connectivity index (χ0v) is 9.98. The van der Waals surface area contributed by atoms with E-state index < -0.39 is 17.3 Å². The van der Waals surface area contributed by atoms with Gasteiger partial charge in [-0.25, -0.2) is 4.39 Å². The van der Waals surface area contributed by atoms with Crippen LogP contribution in [-0.4, -0.2) is 21.1 Å². The van der Waals surface area contributed by atoms with Crippen LogP contribution in [-0.2, 0) is 0 Å². The summed E-state index contributed by atoms with van der Waals surface area (Å²) in [5.41, 5.74) is -0.230. The van der Waals surface area contributed by atoms with Crippen LogP contribution in [0.25, 0.3) is 11.1 Å². The predicted molar refractivity (Wildman–Crippen MR) is 68.6 cm³/mol. The van der Waals surface area contributed by atoms with Gasteiger partial charge in [0.05, 0.1) is 0 Å². The molecule has 1 aliphatic rings. The molecule has 0 atom stereocenters. The molecule has 0 aliphatic heterocycles. The van der Waals surface area contributed by atoms with Crippen LogP contribution in [0.15, 0.2) is 29.1 Å². The average Bonchev–Trinajstić information content (AvgIpc) is 3.12. The number of hydrogen-bond acceptors (Lipinski definition) is 4. The van der Waals surface area contributed by atoms with Crippen molar-refractivity contribution in [2.45, 2.75) is 18.9 Å². The van der Waals surface area contributed by atoms with E-state index in [9.17, 15) is 14.3 Å². The second kappa shape index (κ2) is 4.38. The summed E-state index contributed by atoms with van der Waals surface area (Å²) >= 11 is 0. The molecule has 1 heterocycles. The molecular formula is C13H12FN3O2. The quantitative estimate of drug-likeness (QED) is 0.788. The fourth-order valence-electron chi connectivity index (χ4n) is 1.85. The van der Waals surface area contributed by atoms with E-state index in [4.69, 9.17) is 0 Å². The minimum Gasteiger partial charge on any atom is -0.493 e. The van der Waals surface area contributed by atoms with Gasteiger partial charge in [0.15, 0.2) is 0 Å². The molecule has 1 fully saturated rings. The van der Waals surface area contributed by atoms with Crippen molar-refractivity contribution in [1.29, 1.82) is 0 Å². The molecule has 1 aromatic carbocycles. The third kappa shape index (κ3) is 2.42. The van der Waals surface area contributed by atoms with Crippen molar-refractivity contribution >= 4 is 5.95 Å². The maximum Gasteiger partial charge on any atom is 0.264 e. The summed E-state index contributed by atoms with van der Waals surface area (Å²) in [7, 11) is 0. The minimum atomic E-state index is -0.499. The molecule has 0 radical (unpaired) electrons. The van der Waals surface area contributed by atoms with Crippen LogP contribution in [0.5, 0.6) is 5.88 Å². The third-order valence-electron chi connectivity index (χ3n) is 2.93. The standard InChI is InChI=1S/C13H12FN3O2/c14-8-3-1-2-7(6-8)10-11(18)16-13(17-12(10)19)15-9-4-5-9/h1-3,6,9H,4-5H2,(H3,15,16,17,18,19). The number of nitrogens with zero attached hydrogens (tertiary/aromatic N) is 1. The van der Waals surface area contributed by atoms with Crippen molar-refractivity contribution < 1.29 is 9.50 Å². The fraction of sp³-hybridized carbons (Fsp3) is 0.231. The number of aromatic amines is 1. The number of H-pyrrole nitrogens is 1. The van der Waals surface area contributed by atoms with Crippen molar-refractivity contribution in [3.63, 3.8) is 0 Å². The summed E-state index contributed by atoms with van der Waals surface area (Å²) < 4.78 is 13.1. The maximum absolute atomic E-state index is 13.1. The topological polar surface area (TPSA) is 78.0 Å². The molecule has 5 nitrogen and oxygen atoms in total. The lowest BCUT2D eigenvalue weighted by atomic mass is 10.1. The monoisotopic (exact) mass is 261 g/mol. The smallest absolute Gasteiger partial charge is 0.264 e. The number of aromatic nitrogens is 2. The van der Waals surface area contributed by atoms with Gasteiger partial charge in [-0.15, -0.1) is 0 Å². The van der Waals surface area contributed by atoms with E-state index >= 15 is 0 Å². The van der Waals surface area contributed by atoms with Crippen molar-refractivity contribution in [3.05, 3.63) is 40.4 Å². The van der Waals surface area contributed by atoms with E-state index in [2.05, 4.69) is 15.3 Å². The predicted octanol–water partition coefficient (Wildman–Crippen LogP) is 1.86. The van der Waals surface area contributed by atoms with Gasteiger partial charge in [0.2, 0.25) is 11.8 Å². The number of benzene rings is 1. The highest BCUT2D eigenvalue weighted by Gasteiger charge is 2.23. The number of hydrogen-bond donors (Lipinski definition) is 3. The van der Waals surface area contributed by atoms with E-state index in [1.807, 2.05) is 0 Å². The third-order valence-corrected chi connectivity index (χ3v) is 2.93. The van der Waals surface area contributed by atoms with Gasteiger partial charge in [0.25, 0.3) is 5.56 Å². The molecule has 0 bridgehead atoms. The summed E-state index contributed by atoms with van der Waals surface area (Å²) in [5.74, 6) is -0.640. The zero-order chi connectivity index (χ0) is 13.4. The largest absolute Gasteiger partial charge is 0.493 e. The van der Waals surface area contributed by atoms with Crippen LogP contribution in [0.1, 0.15) is 12.8 Å². The molecule has 2 aromatic rings. The molecule has 0 unspecified atom stereocenters. The Hall–Kier alpha value is -2.37. The van der Waals surface area contributed by atoms with Gasteiger partial charge < -0.3 is 10.4 Å². The molecule has 0 spiro atoms. The molecule has 1 aromatic heterocycles. The zero-order valence-electron chi connectivity index (χ0n) is 9.98. The Labute approximate surface area is 108 Å². The first-order valence-corrected chi connectivity index (χ1v) is 5.99. The van der Waals surface area contributed by atoms with E-state index in [1.165, 1.54) is 18.2 Å². The van der Waals surface area contributed by atoms with Crippen molar-refractivity contribution in [1.82, 2.24) is 9.97 Å². The molecule has 0 saturated heterocycles. The van der Waals surface area contributed by atoms with Gasteiger partial charge >= 0.3 is 0 Å². The Bertz CT molecular complexity index is 680. The summed E-state index contributed by atoms with van der Waals surface area (Å²) in [6, 6.07) is 5.77. The van der Waals surface area contributed by atoms with E-state index in [0.29, 0.717) is 11.6 Å². The second-order valence-corrected chi connectivity index (χ2v) is 4.54. The van der Waals surface area contributed by atoms with Crippen LogP contribution >= 0.6 is 0 Å². The fourth-order valence-corrected chi connectivity index (χ4v) is 1.85. The lowest BCUT2D eigenvalue weighted by Crippen LogP contribution is -2.15. The molecule has 98 valence electrons. The highest BCUT2D eigenvalue weighted by Crippen LogP contribution is 2.27. The number of aromatic hydroxyl groups is 1. The highest BCUT2D eigenvalue weighted by molar-refractivity contribution is 5.67. The summed E-state index contributed by atoms with van der Waals surface area (Å²) in [5, 5.41) is 12.8. The summed E-state index contributed by atoms with van der Waals surface area (Å²) in [6.45, 7) is 0. The van der Waals surface area contributed by atoms with Crippen molar-refractivity contribution in [2.75, 3.05) is 5.32 Å². The van der Waals surface area contributed by atoms with Crippen LogP contribution in [0.4, 0.5) is 10.3 Å². The normalized spacial score (nSPS) is 14.4. The van der Waals surface area contributed by atoms with Crippen LogP contribution < -0.4 is 10.9 Å². The summed E-state index contributed by atoms with van der Waals surface area (Å²) in [6.07, 6.45) is 2.05. The van der Waals surface area contributed by atoms with Crippen LogP contribution in [0.3, 0.4) is 0 Å². The Morgan fingerprint density at radius 2 is 2.21 bits per heavy atom. The molecule has 0 amide bonds. The maximum atomic E-state index is 13.1. The first kappa shape index (κ1) is 11.7. The van der Waals surface area contributed by atoms with Crippen LogP contribution in [0, 0.1) is 5.82 Å². The van der Waals surface area contributed by atoms with Gasteiger partial charge in [-0.3, -0.25) is 9.78 Å². The van der Waals surface area contributed by atoms with Crippen LogP contribution in [0.2, 0.25) is 0 Å². The van der Waals surface area contributed by atoms with E-state index in [-0.39, 0.29) is 11.5 Å². The lowest BCUT2D eigenvalue weighted by molar-refractivity contribution is 0.454. The Morgan fingerprint density at radius 3 is 2.84 bits per heavy atom. The molecule has 19 heavy (non-hydrogen) atoms. The number of anilines is 1. The van der Waals surface area contributed by atoms with Gasteiger partial charge in [0.1, 0.15) is 11.4 Å². The van der Waals surface area contributed by atoms with Gasteiger partial charge in [-0.05, 0) is 30.5 Å². The average molecular weight is 261 g/mol. The van der Waals surface area contributed by atoms with E-state index in [0.717, 1.165) is 12.8 Å². The molecule has 3 rings (SSSR count). The SMILES string of the molecule is O=c1[nH]c(NC2CC2)nc(O)c1-c1cccc(F)c1.